The van der Waals surface area contributed by atoms with E-state index < -0.39 is 23.6 Å². The third-order valence-electron chi connectivity index (χ3n) is 5.02. The fraction of sp³-hybridized carbons (Fsp3) is 0.278. The highest BCUT2D eigenvalue weighted by molar-refractivity contribution is 6.32. The van der Waals surface area contributed by atoms with Crippen molar-refractivity contribution in [2.45, 2.75) is 25.4 Å². The van der Waals surface area contributed by atoms with Gasteiger partial charge in [0.1, 0.15) is 11.7 Å². The van der Waals surface area contributed by atoms with Gasteiger partial charge < -0.3 is 15.2 Å². The molecular weight excluding hydrogens is 371 g/mol. The highest BCUT2D eigenvalue weighted by Gasteiger charge is 2.36. The van der Waals surface area contributed by atoms with Crippen LogP contribution in [0.1, 0.15) is 29.7 Å². The smallest absolute Gasteiger partial charge is 0.417 e. The first kappa shape index (κ1) is 17.0. The molecule has 0 amide bonds. The summed E-state index contributed by atoms with van der Waals surface area (Å²) < 4.78 is 39.3. The molecule has 0 spiro atoms. The lowest BCUT2D eigenvalue weighted by molar-refractivity contribution is -0.141. The van der Waals surface area contributed by atoms with Crippen LogP contribution in [0.3, 0.4) is 0 Å². The van der Waals surface area contributed by atoms with Crippen LogP contribution in [0.15, 0.2) is 29.5 Å². The number of hydrogen-bond donors (Lipinski definition) is 3. The van der Waals surface area contributed by atoms with Gasteiger partial charge in [-0.15, -0.1) is 0 Å². The number of benzene rings is 1. The second kappa shape index (κ2) is 5.54. The summed E-state index contributed by atoms with van der Waals surface area (Å²) in [5, 5.41) is 19.5. The van der Waals surface area contributed by atoms with Crippen LogP contribution in [0.25, 0.3) is 16.5 Å². The number of carboxylic acid groups (broad SMARTS) is 1. The molecule has 3 N–H and O–H groups in total. The molecule has 0 saturated heterocycles. The van der Waals surface area contributed by atoms with E-state index in [9.17, 15) is 28.2 Å². The van der Waals surface area contributed by atoms with Gasteiger partial charge in [-0.3, -0.25) is 4.79 Å². The number of carboxylic acids is 1. The van der Waals surface area contributed by atoms with Gasteiger partial charge in [0.05, 0.1) is 10.6 Å². The molecule has 136 valence electrons. The Bertz CT molecular complexity index is 1020. The molecule has 2 aromatic rings. The van der Waals surface area contributed by atoms with Crippen molar-refractivity contribution in [2.75, 3.05) is 0 Å². The van der Waals surface area contributed by atoms with Crippen LogP contribution in [0, 0.1) is 5.92 Å². The first-order valence-corrected chi connectivity index (χ1v) is 8.31. The molecule has 1 aromatic heterocycles. The standard InChI is InChI=1S/C18H13ClF3NO3/c19-13-4-10-8-2-1-7-3-11(17(25)26)15(24)5-9(7)16(8)23-14(10)6-12(13)18(20,21)22/h4-6,11,23-24H,1-3H2,(H,25,26). The predicted molar refractivity (Wildman–Crippen MR) is 90.0 cm³/mol. The van der Waals surface area contributed by atoms with Crippen LogP contribution < -0.4 is 0 Å². The van der Waals surface area contributed by atoms with Crippen molar-refractivity contribution in [3.05, 3.63) is 51.4 Å². The summed E-state index contributed by atoms with van der Waals surface area (Å²) in [4.78, 5) is 14.2. The van der Waals surface area contributed by atoms with Crippen LogP contribution in [0.2, 0.25) is 5.02 Å². The van der Waals surface area contributed by atoms with Crippen LogP contribution >= 0.6 is 11.6 Å². The number of nitrogens with one attached hydrogen (secondary N) is 1. The molecule has 4 rings (SSSR count). The molecule has 0 bridgehead atoms. The Morgan fingerprint density at radius 3 is 2.65 bits per heavy atom. The molecule has 0 fully saturated rings. The number of aliphatic carboxylic acids is 1. The second-order valence-corrected chi connectivity index (χ2v) is 6.94. The van der Waals surface area contributed by atoms with Gasteiger partial charge in [-0.05, 0) is 43.0 Å². The molecule has 0 radical (unpaired) electrons. The summed E-state index contributed by atoms with van der Waals surface area (Å²) in [6.07, 6.45) is -1.81. The lowest BCUT2D eigenvalue weighted by Gasteiger charge is -2.26. The fourth-order valence-electron chi connectivity index (χ4n) is 3.76. The Morgan fingerprint density at radius 1 is 1.27 bits per heavy atom. The van der Waals surface area contributed by atoms with Gasteiger partial charge in [0, 0.05) is 22.2 Å². The van der Waals surface area contributed by atoms with Gasteiger partial charge in [-0.2, -0.15) is 13.2 Å². The van der Waals surface area contributed by atoms with Crippen molar-refractivity contribution in [1.29, 1.82) is 0 Å². The van der Waals surface area contributed by atoms with Gasteiger partial charge in [0.15, 0.2) is 0 Å². The number of fused-ring (bicyclic) bond motifs is 4. The summed E-state index contributed by atoms with van der Waals surface area (Å²) in [6.45, 7) is 0. The number of aromatic nitrogens is 1. The third kappa shape index (κ3) is 2.49. The number of carbonyl (C=O) groups is 1. The van der Waals surface area contributed by atoms with E-state index in [1.165, 1.54) is 12.1 Å². The number of H-pyrrole nitrogens is 1. The lowest BCUT2D eigenvalue weighted by Crippen LogP contribution is -2.22. The van der Waals surface area contributed by atoms with Gasteiger partial charge in [0.25, 0.3) is 0 Å². The van der Waals surface area contributed by atoms with Crippen molar-refractivity contribution in [3.63, 3.8) is 0 Å². The summed E-state index contributed by atoms with van der Waals surface area (Å²) in [5.74, 6) is -2.34. The molecule has 1 heterocycles. The maximum atomic E-state index is 13.1. The minimum atomic E-state index is -4.56. The number of aromatic amines is 1. The average molecular weight is 384 g/mol. The monoisotopic (exact) mass is 383 g/mol. The average Bonchev–Trinajstić information content (AvgIpc) is 2.90. The molecule has 26 heavy (non-hydrogen) atoms. The van der Waals surface area contributed by atoms with Crippen LogP contribution in [0.4, 0.5) is 13.2 Å². The van der Waals surface area contributed by atoms with Gasteiger partial charge in [0.2, 0.25) is 0 Å². The van der Waals surface area contributed by atoms with Gasteiger partial charge >= 0.3 is 12.1 Å². The first-order chi connectivity index (χ1) is 12.2. The highest BCUT2D eigenvalue weighted by atomic mass is 35.5. The normalized spacial score (nSPS) is 20.0. The van der Waals surface area contributed by atoms with Crippen LogP contribution in [0.5, 0.6) is 0 Å². The number of alkyl halides is 3. The van der Waals surface area contributed by atoms with E-state index in [0.29, 0.717) is 35.0 Å². The number of rotatable bonds is 1. The van der Waals surface area contributed by atoms with E-state index in [0.717, 1.165) is 17.2 Å². The SMILES string of the molecule is O=C(O)C1CC2=C(C=C1O)c1[nH]c3cc(C(F)(F)F)c(Cl)cc3c1CC2. The summed E-state index contributed by atoms with van der Waals surface area (Å²) in [6, 6.07) is 2.30. The largest absolute Gasteiger partial charge is 0.511 e. The van der Waals surface area contributed by atoms with Crippen molar-refractivity contribution in [1.82, 2.24) is 4.98 Å². The zero-order chi connectivity index (χ0) is 18.8. The van der Waals surface area contributed by atoms with Crippen LogP contribution in [-0.2, 0) is 17.4 Å². The topological polar surface area (TPSA) is 73.3 Å². The Labute approximate surface area is 150 Å². The molecule has 1 aromatic carbocycles. The zero-order valence-electron chi connectivity index (χ0n) is 13.2. The van der Waals surface area contributed by atoms with Crippen molar-refractivity contribution in [3.8, 4) is 0 Å². The van der Waals surface area contributed by atoms with E-state index in [4.69, 9.17) is 11.6 Å². The molecule has 0 aliphatic heterocycles. The minimum absolute atomic E-state index is 0.191. The second-order valence-electron chi connectivity index (χ2n) is 6.54. The molecule has 1 atom stereocenters. The zero-order valence-corrected chi connectivity index (χ0v) is 14.0. The van der Waals surface area contributed by atoms with E-state index in [1.54, 1.807) is 0 Å². The Morgan fingerprint density at radius 2 is 2.00 bits per heavy atom. The molecule has 1 unspecified atom stereocenters. The summed E-state index contributed by atoms with van der Waals surface area (Å²) >= 11 is 5.84. The molecule has 2 aliphatic carbocycles. The number of allylic oxidation sites excluding steroid dienone is 3. The van der Waals surface area contributed by atoms with Crippen LogP contribution in [-0.4, -0.2) is 21.2 Å². The minimum Gasteiger partial charge on any atom is -0.511 e. The predicted octanol–water partition coefficient (Wildman–Crippen LogP) is 5.09. The third-order valence-corrected chi connectivity index (χ3v) is 5.34. The number of aliphatic hydroxyl groups excluding tert-OH is 1. The highest BCUT2D eigenvalue weighted by Crippen LogP contribution is 2.44. The van der Waals surface area contributed by atoms with E-state index in [2.05, 4.69) is 4.98 Å². The summed E-state index contributed by atoms with van der Waals surface area (Å²) in [5.41, 5.74) is 2.37. The maximum absolute atomic E-state index is 13.1. The Kier molecular flexibility index (Phi) is 3.63. The molecule has 4 nitrogen and oxygen atoms in total. The van der Waals surface area contributed by atoms with E-state index in [-0.39, 0.29) is 17.2 Å². The van der Waals surface area contributed by atoms with Crippen molar-refractivity contribution in [2.24, 2.45) is 5.92 Å². The van der Waals surface area contributed by atoms with E-state index in [1.807, 2.05) is 0 Å². The molecule has 8 heteroatoms. The first-order valence-electron chi connectivity index (χ1n) is 7.94. The Hall–Kier alpha value is -2.41. The summed E-state index contributed by atoms with van der Waals surface area (Å²) in [7, 11) is 0. The number of halogens is 4. The quantitative estimate of drug-likeness (QED) is 0.642. The fourth-order valence-corrected chi connectivity index (χ4v) is 4.04. The number of aryl methyl sites for hydroxylation is 1. The van der Waals surface area contributed by atoms with E-state index >= 15 is 0 Å². The van der Waals surface area contributed by atoms with Gasteiger partial charge in [-0.25, -0.2) is 0 Å². The number of aliphatic hydroxyl groups is 1. The number of hydrogen-bond acceptors (Lipinski definition) is 2. The molecule has 0 saturated carbocycles. The maximum Gasteiger partial charge on any atom is 0.417 e. The van der Waals surface area contributed by atoms with Crippen molar-refractivity contribution < 1.29 is 28.2 Å². The molecular formula is C18H13ClF3NO3. The lowest BCUT2D eigenvalue weighted by atomic mass is 9.80. The van der Waals surface area contributed by atoms with Crippen molar-refractivity contribution >= 4 is 34.0 Å². The Balaban J connectivity index is 1.88. The molecule has 2 aliphatic rings. The van der Waals surface area contributed by atoms with Gasteiger partial charge in [-0.1, -0.05) is 17.2 Å².